The first kappa shape index (κ1) is 18.9. The fourth-order valence-corrected chi connectivity index (χ4v) is 5.14. The molecule has 1 saturated heterocycles. The normalized spacial score (nSPS) is 16.8. The van der Waals surface area contributed by atoms with Gasteiger partial charge in [0.05, 0.1) is 26.4 Å². The zero-order valence-electron chi connectivity index (χ0n) is 16.7. The van der Waals surface area contributed by atoms with Gasteiger partial charge in [-0.25, -0.2) is 4.98 Å². The minimum atomic E-state index is 0.0206. The molecule has 152 valence electrons. The first-order valence-electron chi connectivity index (χ1n) is 10.2. The van der Waals surface area contributed by atoms with Crippen LogP contribution >= 0.6 is 11.3 Å². The Kier molecular flexibility index (Phi) is 5.04. The molecule has 1 atom stereocenters. The molecule has 0 bridgehead atoms. The van der Waals surface area contributed by atoms with Gasteiger partial charge in [0, 0.05) is 19.0 Å². The molecule has 1 fully saturated rings. The Morgan fingerprint density at radius 1 is 1.13 bits per heavy atom. The Hall–Kier alpha value is -3.06. The van der Waals surface area contributed by atoms with Crippen molar-refractivity contribution in [2.75, 3.05) is 6.54 Å². The Morgan fingerprint density at radius 2 is 1.97 bits per heavy atom. The van der Waals surface area contributed by atoms with Crippen molar-refractivity contribution in [3.05, 3.63) is 64.9 Å². The predicted molar refractivity (Wildman–Crippen MR) is 116 cm³/mol. The van der Waals surface area contributed by atoms with E-state index in [0.29, 0.717) is 22.8 Å². The molecule has 4 aromatic rings. The molecule has 0 saturated carbocycles. The van der Waals surface area contributed by atoms with Crippen LogP contribution in [0.5, 0.6) is 0 Å². The molecule has 0 radical (unpaired) electrons. The number of hydrogen-bond acceptors (Lipinski definition) is 6. The molecule has 6 nitrogen and oxygen atoms in total. The molecule has 0 N–H and O–H groups in total. The number of likely N-dealkylation sites (tertiary alicyclic amines) is 1. The second-order valence-electron chi connectivity index (χ2n) is 7.62. The number of para-hydroxylation sites is 1. The van der Waals surface area contributed by atoms with E-state index in [9.17, 15) is 4.79 Å². The number of piperidine rings is 1. The fraction of sp³-hybridized carbons (Fsp3) is 0.304. The summed E-state index contributed by atoms with van der Waals surface area (Å²) in [5.74, 6) is 0.961. The molecule has 1 aliphatic rings. The van der Waals surface area contributed by atoms with E-state index < -0.39 is 0 Å². The van der Waals surface area contributed by atoms with E-state index in [-0.39, 0.29) is 11.9 Å². The van der Waals surface area contributed by atoms with Gasteiger partial charge in [0.2, 0.25) is 0 Å². The lowest BCUT2D eigenvalue weighted by Crippen LogP contribution is -2.45. The highest BCUT2D eigenvalue weighted by atomic mass is 32.1. The number of carbonyl (C=O) groups excluding carboxylic acids is 1. The molecule has 0 aliphatic carbocycles. The van der Waals surface area contributed by atoms with Gasteiger partial charge in [0.1, 0.15) is 0 Å². The number of aromatic nitrogens is 3. The van der Waals surface area contributed by atoms with E-state index in [1.54, 1.807) is 18.3 Å². The number of carbonyl (C=O) groups is 1. The van der Waals surface area contributed by atoms with Crippen molar-refractivity contribution in [2.45, 2.75) is 38.6 Å². The summed E-state index contributed by atoms with van der Waals surface area (Å²) in [5.41, 5.74) is 2.33. The first-order valence-corrected chi connectivity index (χ1v) is 11.1. The van der Waals surface area contributed by atoms with E-state index in [0.717, 1.165) is 42.8 Å². The number of rotatable bonds is 4. The Bertz CT molecular complexity index is 1170. The highest BCUT2D eigenvalue weighted by Gasteiger charge is 2.30. The van der Waals surface area contributed by atoms with Crippen LogP contribution in [0.15, 0.2) is 53.1 Å². The average Bonchev–Trinajstić information content (AvgIpc) is 3.39. The number of benzene rings is 2. The van der Waals surface area contributed by atoms with E-state index in [4.69, 9.17) is 9.51 Å². The molecule has 5 rings (SSSR count). The molecule has 2 aromatic heterocycles. The van der Waals surface area contributed by atoms with Crippen LogP contribution in [0.3, 0.4) is 0 Å². The van der Waals surface area contributed by atoms with Crippen LogP contribution in [0.4, 0.5) is 0 Å². The average molecular weight is 419 g/mol. The van der Waals surface area contributed by atoms with Crippen LogP contribution in [0.1, 0.15) is 40.5 Å². The quantitative estimate of drug-likeness (QED) is 0.472. The molecule has 1 aliphatic heterocycles. The number of amides is 1. The number of aryl methyl sites for hydroxylation is 1. The van der Waals surface area contributed by atoms with Gasteiger partial charge in [-0.05, 0) is 50.5 Å². The van der Waals surface area contributed by atoms with Crippen LogP contribution in [-0.2, 0) is 6.42 Å². The summed E-state index contributed by atoms with van der Waals surface area (Å²) in [5, 5.41) is 4.96. The summed E-state index contributed by atoms with van der Waals surface area (Å²) in [4.78, 5) is 24.7. The Labute approximate surface area is 178 Å². The molecule has 2 aromatic carbocycles. The van der Waals surface area contributed by atoms with Gasteiger partial charge in [0.25, 0.3) is 11.8 Å². The minimum absolute atomic E-state index is 0.0206. The molecule has 7 heteroatoms. The van der Waals surface area contributed by atoms with E-state index in [1.165, 1.54) is 4.70 Å². The molecular weight excluding hydrogens is 396 g/mol. The summed E-state index contributed by atoms with van der Waals surface area (Å²) in [6, 6.07) is 15.8. The van der Waals surface area contributed by atoms with Crippen molar-refractivity contribution < 1.29 is 9.32 Å². The van der Waals surface area contributed by atoms with E-state index in [2.05, 4.69) is 16.2 Å². The molecule has 0 spiro atoms. The second-order valence-corrected chi connectivity index (χ2v) is 8.74. The zero-order valence-corrected chi connectivity index (χ0v) is 17.6. The van der Waals surface area contributed by atoms with Crippen molar-refractivity contribution in [3.63, 3.8) is 0 Å². The predicted octanol–water partition coefficient (Wildman–Crippen LogP) is 4.89. The van der Waals surface area contributed by atoms with Gasteiger partial charge in [-0.2, -0.15) is 4.98 Å². The molecular formula is C23H22N4O2S. The van der Waals surface area contributed by atoms with Crippen LogP contribution < -0.4 is 0 Å². The maximum atomic E-state index is 13.6. The summed E-state index contributed by atoms with van der Waals surface area (Å²) in [7, 11) is 0. The number of nitrogens with zero attached hydrogens (tertiary/aromatic N) is 4. The van der Waals surface area contributed by atoms with Crippen molar-refractivity contribution in [1.29, 1.82) is 0 Å². The third-order valence-corrected chi connectivity index (χ3v) is 6.61. The molecule has 30 heavy (non-hydrogen) atoms. The van der Waals surface area contributed by atoms with Gasteiger partial charge >= 0.3 is 0 Å². The summed E-state index contributed by atoms with van der Waals surface area (Å²) in [6.45, 7) is 2.53. The van der Waals surface area contributed by atoms with Gasteiger partial charge in [0.15, 0.2) is 5.82 Å². The zero-order chi connectivity index (χ0) is 20.5. The van der Waals surface area contributed by atoms with Gasteiger partial charge in [-0.15, -0.1) is 11.3 Å². The van der Waals surface area contributed by atoms with Gasteiger partial charge < -0.3 is 9.42 Å². The SMILES string of the molecule is Cc1noc(-c2ccccc2C(=O)N2CCCCC2Cc2nc3ccccc3s2)n1. The maximum Gasteiger partial charge on any atom is 0.258 e. The largest absolute Gasteiger partial charge is 0.335 e. The summed E-state index contributed by atoms with van der Waals surface area (Å²) < 4.78 is 6.54. The standard InChI is InChI=1S/C23H22N4O2S/c1-15-24-22(29-26-15)17-9-2-3-10-18(17)23(28)27-13-7-6-8-16(27)14-21-25-19-11-4-5-12-20(19)30-21/h2-5,9-12,16H,6-8,13-14H2,1H3. The molecule has 3 heterocycles. The topological polar surface area (TPSA) is 72.1 Å². The van der Waals surface area contributed by atoms with Crippen LogP contribution in [0, 0.1) is 6.92 Å². The molecule has 1 amide bonds. The lowest BCUT2D eigenvalue weighted by molar-refractivity contribution is 0.0614. The molecule has 1 unspecified atom stereocenters. The van der Waals surface area contributed by atoms with Crippen molar-refractivity contribution in [1.82, 2.24) is 20.0 Å². The second kappa shape index (κ2) is 7.99. The van der Waals surface area contributed by atoms with Crippen LogP contribution in [0.25, 0.3) is 21.7 Å². The smallest absolute Gasteiger partial charge is 0.258 e. The number of hydrogen-bond donors (Lipinski definition) is 0. The lowest BCUT2D eigenvalue weighted by atomic mass is 9.97. The van der Waals surface area contributed by atoms with Gasteiger partial charge in [-0.3, -0.25) is 4.79 Å². The summed E-state index contributed by atoms with van der Waals surface area (Å²) >= 11 is 1.72. The number of fused-ring (bicyclic) bond motifs is 1. The van der Waals surface area contributed by atoms with Crippen LogP contribution in [-0.4, -0.2) is 38.5 Å². The van der Waals surface area contributed by atoms with E-state index in [1.807, 2.05) is 47.4 Å². The van der Waals surface area contributed by atoms with Crippen molar-refractivity contribution in [3.8, 4) is 11.5 Å². The third-order valence-electron chi connectivity index (χ3n) is 5.55. The highest BCUT2D eigenvalue weighted by molar-refractivity contribution is 7.18. The van der Waals surface area contributed by atoms with Crippen molar-refractivity contribution in [2.24, 2.45) is 0 Å². The number of thiazole rings is 1. The highest BCUT2D eigenvalue weighted by Crippen LogP contribution is 2.29. The monoisotopic (exact) mass is 418 g/mol. The fourth-order valence-electron chi connectivity index (χ4n) is 4.11. The third kappa shape index (κ3) is 3.61. The maximum absolute atomic E-state index is 13.6. The Balaban J connectivity index is 1.44. The van der Waals surface area contributed by atoms with E-state index >= 15 is 0 Å². The lowest BCUT2D eigenvalue weighted by Gasteiger charge is -2.35. The minimum Gasteiger partial charge on any atom is -0.335 e. The van der Waals surface area contributed by atoms with Crippen LogP contribution in [0.2, 0.25) is 0 Å². The van der Waals surface area contributed by atoms with Gasteiger partial charge in [-0.1, -0.05) is 29.4 Å². The summed E-state index contributed by atoms with van der Waals surface area (Å²) in [6.07, 6.45) is 3.92. The Morgan fingerprint density at radius 3 is 2.80 bits per heavy atom. The van der Waals surface area contributed by atoms with Crippen molar-refractivity contribution >= 4 is 27.5 Å². The first-order chi connectivity index (χ1) is 14.7.